The number of aromatic nitrogens is 1. The van der Waals surface area contributed by atoms with Gasteiger partial charge in [-0.3, -0.25) is 0 Å². The summed E-state index contributed by atoms with van der Waals surface area (Å²) in [6.45, 7) is 0.915. The number of aliphatic hydroxyl groups is 1. The van der Waals surface area contributed by atoms with Crippen LogP contribution in [0.4, 0.5) is 0 Å². The zero-order valence-corrected chi connectivity index (χ0v) is 7.93. The van der Waals surface area contributed by atoms with E-state index in [0.29, 0.717) is 13.0 Å². The molecule has 4 heteroatoms. The highest BCUT2D eigenvalue weighted by molar-refractivity contribution is 7.11. The van der Waals surface area contributed by atoms with Crippen LogP contribution in [0.1, 0.15) is 9.88 Å². The fourth-order valence-corrected chi connectivity index (χ4v) is 1.77. The van der Waals surface area contributed by atoms with Gasteiger partial charge in [0.25, 0.3) is 0 Å². The van der Waals surface area contributed by atoms with Crippen molar-refractivity contribution in [2.75, 3.05) is 20.3 Å². The number of nitrogens with zero attached hydrogens (tertiary/aromatic N) is 1. The number of hydrogen-bond donors (Lipinski definition) is 1. The van der Waals surface area contributed by atoms with Crippen LogP contribution in [0.3, 0.4) is 0 Å². The average molecular weight is 187 g/mol. The smallest absolute Gasteiger partial charge is 0.0950 e. The van der Waals surface area contributed by atoms with Crippen LogP contribution in [0.15, 0.2) is 6.20 Å². The summed E-state index contributed by atoms with van der Waals surface area (Å²) in [6, 6.07) is 0. The van der Waals surface area contributed by atoms with Gasteiger partial charge in [0.1, 0.15) is 0 Å². The fourth-order valence-electron chi connectivity index (χ4n) is 0.879. The van der Waals surface area contributed by atoms with E-state index in [-0.39, 0.29) is 6.61 Å². The molecule has 12 heavy (non-hydrogen) atoms. The van der Waals surface area contributed by atoms with Crippen LogP contribution in [-0.2, 0) is 17.6 Å². The van der Waals surface area contributed by atoms with E-state index >= 15 is 0 Å². The second kappa shape index (κ2) is 5.24. The van der Waals surface area contributed by atoms with E-state index in [1.165, 1.54) is 0 Å². The Balaban J connectivity index is 2.41. The SMILES string of the molecule is COCCc1ncc(CCO)s1. The van der Waals surface area contributed by atoms with E-state index in [2.05, 4.69) is 4.98 Å². The van der Waals surface area contributed by atoms with Gasteiger partial charge in [-0.25, -0.2) is 4.98 Å². The highest BCUT2D eigenvalue weighted by Crippen LogP contribution is 2.13. The van der Waals surface area contributed by atoms with Crippen molar-refractivity contribution < 1.29 is 9.84 Å². The van der Waals surface area contributed by atoms with Gasteiger partial charge in [-0.1, -0.05) is 0 Å². The Kier molecular flexibility index (Phi) is 4.21. The van der Waals surface area contributed by atoms with Crippen molar-refractivity contribution in [3.8, 4) is 0 Å². The molecule has 0 bridgehead atoms. The number of ether oxygens (including phenoxy) is 1. The Morgan fingerprint density at radius 1 is 1.58 bits per heavy atom. The summed E-state index contributed by atoms with van der Waals surface area (Å²) in [6.07, 6.45) is 3.41. The van der Waals surface area contributed by atoms with Gasteiger partial charge in [0.2, 0.25) is 0 Å². The maximum atomic E-state index is 8.66. The van der Waals surface area contributed by atoms with Crippen LogP contribution >= 0.6 is 11.3 Å². The normalized spacial score (nSPS) is 10.5. The van der Waals surface area contributed by atoms with Gasteiger partial charge in [0.05, 0.1) is 11.6 Å². The van der Waals surface area contributed by atoms with Crippen LogP contribution in [0.2, 0.25) is 0 Å². The zero-order chi connectivity index (χ0) is 8.81. The molecule has 1 rings (SSSR count). The molecule has 1 N–H and O–H groups in total. The topological polar surface area (TPSA) is 42.4 Å². The van der Waals surface area contributed by atoms with Crippen molar-refractivity contribution in [3.63, 3.8) is 0 Å². The summed E-state index contributed by atoms with van der Waals surface area (Å²) >= 11 is 1.65. The van der Waals surface area contributed by atoms with Crippen LogP contribution in [0.5, 0.6) is 0 Å². The standard InChI is InChI=1S/C8H13NO2S/c1-11-5-3-8-9-6-7(12-8)2-4-10/h6,10H,2-5H2,1H3. The molecule has 0 amide bonds. The Hall–Kier alpha value is -0.450. The molecule has 0 aliphatic carbocycles. The first-order valence-electron chi connectivity index (χ1n) is 3.90. The average Bonchev–Trinajstić information content (AvgIpc) is 2.50. The summed E-state index contributed by atoms with van der Waals surface area (Å²) in [5.41, 5.74) is 0. The fraction of sp³-hybridized carbons (Fsp3) is 0.625. The lowest BCUT2D eigenvalue weighted by Gasteiger charge is -1.92. The Morgan fingerprint density at radius 3 is 3.08 bits per heavy atom. The zero-order valence-electron chi connectivity index (χ0n) is 7.12. The van der Waals surface area contributed by atoms with Gasteiger partial charge in [0, 0.05) is 37.6 Å². The predicted octanol–water partition coefficient (Wildman–Crippen LogP) is 0.867. The summed E-state index contributed by atoms with van der Waals surface area (Å²) in [7, 11) is 1.68. The van der Waals surface area contributed by atoms with Gasteiger partial charge in [0.15, 0.2) is 0 Å². The van der Waals surface area contributed by atoms with Crippen LogP contribution in [0, 0.1) is 0 Å². The monoisotopic (exact) mass is 187 g/mol. The third-order valence-electron chi connectivity index (χ3n) is 1.48. The lowest BCUT2D eigenvalue weighted by Crippen LogP contribution is -1.92. The highest BCUT2D eigenvalue weighted by atomic mass is 32.1. The molecule has 3 nitrogen and oxygen atoms in total. The Bertz CT molecular complexity index is 225. The Labute approximate surface area is 76.0 Å². The van der Waals surface area contributed by atoms with Gasteiger partial charge in [-0.2, -0.15) is 0 Å². The number of aliphatic hydroxyl groups excluding tert-OH is 1. The van der Waals surface area contributed by atoms with Gasteiger partial charge in [-0.05, 0) is 0 Å². The molecule has 0 aliphatic rings. The van der Waals surface area contributed by atoms with E-state index in [4.69, 9.17) is 9.84 Å². The Morgan fingerprint density at radius 2 is 2.42 bits per heavy atom. The maximum Gasteiger partial charge on any atom is 0.0950 e. The van der Waals surface area contributed by atoms with Crippen LogP contribution in [0.25, 0.3) is 0 Å². The van der Waals surface area contributed by atoms with Crippen molar-refractivity contribution in [2.24, 2.45) is 0 Å². The van der Waals surface area contributed by atoms with Crippen molar-refractivity contribution in [2.45, 2.75) is 12.8 Å². The number of hydrogen-bond acceptors (Lipinski definition) is 4. The lowest BCUT2D eigenvalue weighted by molar-refractivity contribution is 0.202. The molecule has 0 fully saturated rings. The first-order chi connectivity index (χ1) is 5.86. The molecule has 0 radical (unpaired) electrons. The minimum absolute atomic E-state index is 0.200. The minimum atomic E-state index is 0.200. The summed E-state index contributed by atoms with van der Waals surface area (Å²) < 4.78 is 4.93. The second-order valence-electron chi connectivity index (χ2n) is 2.44. The number of thiazole rings is 1. The van der Waals surface area contributed by atoms with Crippen molar-refractivity contribution in [1.29, 1.82) is 0 Å². The van der Waals surface area contributed by atoms with Gasteiger partial charge < -0.3 is 9.84 Å². The lowest BCUT2D eigenvalue weighted by atomic mass is 10.4. The molecule has 1 aromatic rings. The van der Waals surface area contributed by atoms with E-state index < -0.39 is 0 Å². The van der Waals surface area contributed by atoms with Crippen molar-refractivity contribution in [1.82, 2.24) is 4.98 Å². The number of rotatable bonds is 5. The maximum absolute atomic E-state index is 8.66. The molecular weight excluding hydrogens is 174 g/mol. The quantitative estimate of drug-likeness (QED) is 0.743. The van der Waals surface area contributed by atoms with E-state index in [1.54, 1.807) is 18.4 Å². The van der Waals surface area contributed by atoms with Crippen LogP contribution in [-0.4, -0.2) is 30.4 Å². The van der Waals surface area contributed by atoms with Gasteiger partial charge in [-0.15, -0.1) is 11.3 Å². The minimum Gasteiger partial charge on any atom is -0.396 e. The van der Waals surface area contributed by atoms with E-state index in [0.717, 1.165) is 16.3 Å². The third-order valence-corrected chi connectivity index (χ3v) is 2.60. The molecule has 1 heterocycles. The molecule has 0 saturated carbocycles. The van der Waals surface area contributed by atoms with Gasteiger partial charge >= 0.3 is 0 Å². The first kappa shape index (κ1) is 9.64. The van der Waals surface area contributed by atoms with E-state index in [1.807, 2.05) is 6.20 Å². The molecule has 0 unspecified atom stereocenters. The number of methoxy groups -OCH3 is 1. The largest absolute Gasteiger partial charge is 0.396 e. The predicted molar refractivity (Wildman–Crippen MR) is 48.5 cm³/mol. The summed E-state index contributed by atoms with van der Waals surface area (Å²) in [5.74, 6) is 0. The second-order valence-corrected chi connectivity index (χ2v) is 3.64. The summed E-state index contributed by atoms with van der Waals surface area (Å²) in [5, 5.41) is 9.74. The highest BCUT2D eigenvalue weighted by Gasteiger charge is 2.00. The molecule has 0 aliphatic heterocycles. The molecule has 0 aromatic carbocycles. The molecule has 0 spiro atoms. The van der Waals surface area contributed by atoms with E-state index in [9.17, 15) is 0 Å². The van der Waals surface area contributed by atoms with Crippen LogP contribution < -0.4 is 0 Å². The molecular formula is C8H13NO2S. The van der Waals surface area contributed by atoms with Crippen molar-refractivity contribution >= 4 is 11.3 Å². The summed E-state index contributed by atoms with van der Waals surface area (Å²) in [4.78, 5) is 5.34. The molecule has 0 saturated heterocycles. The molecule has 1 aromatic heterocycles. The third kappa shape index (κ3) is 2.89. The molecule has 0 atom stereocenters. The first-order valence-corrected chi connectivity index (χ1v) is 4.72. The van der Waals surface area contributed by atoms with Crippen molar-refractivity contribution in [3.05, 3.63) is 16.1 Å². The molecule has 68 valence electrons.